The molecule has 1 nitrogen and oxygen atoms in total. The van der Waals surface area contributed by atoms with Crippen molar-refractivity contribution in [1.29, 1.82) is 0 Å². The minimum atomic E-state index is 0.407. The maximum absolute atomic E-state index is 3.70. The van der Waals surface area contributed by atoms with Gasteiger partial charge in [0.1, 0.15) is 0 Å². The van der Waals surface area contributed by atoms with E-state index in [2.05, 4.69) is 73.2 Å². The fraction of sp³-hybridized carbons (Fsp3) is 0.647. The highest BCUT2D eigenvalue weighted by atomic mass is 79.9. The molecule has 0 amide bonds. The molecule has 1 atom stereocenters. The summed E-state index contributed by atoms with van der Waals surface area (Å²) in [6.07, 6.45) is 3.69. The standard InChI is InChI=1S/C17H28BrN/c1-5-12-19-13-14(10-11-17(2,3)4)15-8-6-7-9-16(15)18/h6-9,14,19H,5,10-13H2,1-4H3. The van der Waals surface area contributed by atoms with E-state index in [1.807, 2.05) is 0 Å². The minimum absolute atomic E-state index is 0.407. The zero-order valence-corrected chi connectivity index (χ0v) is 14.4. The van der Waals surface area contributed by atoms with E-state index >= 15 is 0 Å². The van der Waals surface area contributed by atoms with Crippen molar-refractivity contribution in [2.75, 3.05) is 13.1 Å². The molecule has 0 bridgehead atoms. The van der Waals surface area contributed by atoms with Gasteiger partial charge in [0.05, 0.1) is 0 Å². The van der Waals surface area contributed by atoms with Crippen LogP contribution in [-0.2, 0) is 0 Å². The molecule has 1 aromatic rings. The van der Waals surface area contributed by atoms with Crippen LogP contribution in [0.25, 0.3) is 0 Å². The molecule has 0 aromatic heterocycles. The average molecular weight is 326 g/mol. The molecule has 1 aromatic carbocycles. The maximum Gasteiger partial charge on any atom is 0.0210 e. The predicted molar refractivity (Wildman–Crippen MR) is 88.7 cm³/mol. The lowest BCUT2D eigenvalue weighted by atomic mass is 9.84. The Hall–Kier alpha value is -0.340. The normalized spacial score (nSPS) is 13.5. The van der Waals surface area contributed by atoms with Gasteiger partial charge < -0.3 is 5.32 Å². The van der Waals surface area contributed by atoms with Crippen LogP contribution in [0.2, 0.25) is 0 Å². The van der Waals surface area contributed by atoms with E-state index in [9.17, 15) is 0 Å². The zero-order valence-electron chi connectivity index (χ0n) is 12.8. The monoisotopic (exact) mass is 325 g/mol. The van der Waals surface area contributed by atoms with Gasteiger partial charge in [0.25, 0.3) is 0 Å². The van der Waals surface area contributed by atoms with Crippen LogP contribution < -0.4 is 5.32 Å². The van der Waals surface area contributed by atoms with Crippen LogP contribution in [0.1, 0.15) is 58.4 Å². The number of benzene rings is 1. The summed E-state index contributed by atoms with van der Waals surface area (Å²) >= 11 is 3.70. The van der Waals surface area contributed by atoms with E-state index in [-0.39, 0.29) is 0 Å². The molecule has 1 unspecified atom stereocenters. The largest absolute Gasteiger partial charge is 0.316 e. The Morgan fingerprint density at radius 1 is 1.21 bits per heavy atom. The van der Waals surface area contributed by atoms with Crippen LogP contribution in [-0.4, -0.2) is 13.1 Å². The van der Waals surface area contributed by atoms with Crippen molar-refractivity contribution in [1.82, 2.24) is 5.32 Å². The second-order valence-corrected chi connectivity index (χ2v) is 7.38. The Morgan fingerprint density at radius 3 is 2.47 bits per heavy atom. The Morgan fingerprint density at radius 2 is 1.89 bits per heavy atom. The van der Waals surface area contributed by atoms with Crippen molar-refractivity contribution < 1.29 is 0 Å². The summed E-state index contributed by atoms with van der Waals surface area (Å²) in [7, 11) is 0. The first kappa shape index (κ1) is 16.7. The van der Waals surface area contributed by atoms with Crippen LogP contribution in [0.15, 0.2) is 28.7 Å². The van der Waals surface area contributed by atoms with Gasteiger partial charge in [-0.2, -0.15) is 0 Å². The Bertz CT molecular complexity index is 368. The number of hydrogen-bond donors (Lipinski definition) is 1. The molecule has 0 saturated heterocycles. The number of halogens is 1. The van der Waals surface area contributed by atoms with Crippen molar-refractivity contribution >= 4 is 15.9 Å². The average Bonchev–Trinajstić information content (AvgIpc) is 2.33. The molecule has 0 aliphatic rings. The summed E-state index contributed by atoms with van der Waals surface area (Å²) in [5.74, 6) is 0.598. The van der Waals surface area contributed by atoms with Crippen LogP contribution in [0.3, 0.4) is 0 Å². The smallest absolute Gasteiger partial charge is 0.0210 e. The first-order chi connectivity index (χ1) is 8.94. The lowest BCUT2D eigenvalue weighted by Crippen LogP contribution is -2.23. The first-order valence-electron chi connectivity index (χ1n) is 7.39. The Labute approximate surface area is 127 Å². The molecule has 0 radical (unpaired) electrons. The topological polar surface area (TPSA) is 12.0 Å². The molecule has 108 valence electrons. The lowest BCUT2D eigenvalue weighted by molar-refractivity contribution is 0.344. The van der Waals surface area contributed by atoms with Crippen molar-refractivity contribution in [2.24, 2.45) is 5.41 Å². The van der Waals surface area contributed by atoms with E-state index in [4.69, 9.17) is 0 Å². The van der Waals surface area contributed by atoms with Gasteiger partial charge in [-0.1, -0.05) is 61.8 Å². The summed E-state index contributed by atoms with van der Waals surface area (Å²) < 4.78 is 1.24. The van der Waals surface area contributed by atoms with Gasteiger partial charge in [-0.05, 0) is 48.8 Å². The van der Waals surface area contributed by atoms with E-state index in [0.29, 0.717) is 11.3 Å². The van der Waals surface area contributed by atoms with E-state index in [1.165, 1.54) is 29.3 Å². The number of rotatable bonds is 7. The highest BCUT2D eigenvalue weighted by molar-refractivity contribution is 9.10. The first-order valence-corrected chi connectivity index (χ1v) is 8.18. The summed E-state index contributed by atoms with van der Waals surface area (Å²) in [4.78, 5) is 0. The van der Waals surface area contributed by atoms with Crippen molar-refractivity contribution in [3.63, 3.8) is 0 Å². The Kier molecular flexibility index (Phi) is 7.09. The fourth-order valence-electron chi connectivity index (χ4n) is 2.23. The predicted octanol–water partition coefficient (Wildman–Crippen LogP) is 5.36. The minimum Gasteiger partial charge on any atom is -0.316 e. The molecule has 0 spiro atoms. The van der Waals surface area contributed by atoms with Gasteiger partial charge in [0.2, 0.25) is 0 Å². The second kappa shape index (κ2) is 8.06. The molecule has 2 heteroatoms. The lowest BCUT2D eigenvalue weighted by Gasteiger charge is -2.24. The molecular formula is C17H28BrN. The highest BCUT2D eigenvalue weighted by Crippen LogP contribution is 2.32. The fourth-order valence-corrected chi connectivity index (χ4v) is 2.84. The van der Waals surface area contributed by atoms with Crippen LogP contribution in [0, 0.1) is 5.41 Å². The van der Waals surface area contributed by atoms with Gasteiger partial charge in [0.15, 0.2) is 0 Å². The zero-order chi connectivity index (χ0) is 14.3. The third kappa shape index (κ3) is 6.58. The summed E-state index contributed by atoms with van der Waals surface area (Å²) in [6.45, 7) is 11.4. The van der Waals surface area contributed by atoms with Crippen LogP contribution in [0.5, 0.6) is 0 Å². The maximum atomic E-state index is 3.70. The van der Waals surface area contributed by atoms with Gasteiger partial charge in [-0.3, -0.25) is 0 Å². The third-order valence-electron chi connectivity index (χ3n) is 3.41. The van der Waals surface area contributed by atoms with E-state index < -0.39 is 0 Å². The quantitative estimate of drug-likeness (QED) is 0.665. The van der Waals surface area contributed by atoms with Gasteiger partial charge in [-0.25, -0.2) is 0 Å². The molecule has 0 saturated carbocycles. The summed E-state index contributed by atoms with van der Waals surface area (Å²) in [6, 6.07) is 8.64. The molecule has 1 rings (SSSR count). The molecular weight excluding hydrogens is 298 g/mol. The highest BCUT2D eigenvalue weighted by Gasteiger charge is 2.18. The van der Waals surface area contributed by atoms with Crippen molar-refractivity contribution in [3.05, 3.63) is 34.3 Å². The number of hydrogen-bond acceptors (Lipinski definition) is 1. The van der Waals surface area contributed by atoms with E-state index in [1.54, 1.807) is 0 Å². The molecule has 0 aliphatic heterocycles. The SMILES string of the molecule is CCCNCC(CCC(C)(C)C)c1ccccc1Br. The molecule has 0 aliphatic carbocycles. The molecule has 19 heavy (non-hydrogen) atoms. The van der Waals surface area contributed by atoms with Crippen molar-refractivity contribution in [3.8, 4) is 0 Å². The van der Waals surface area contributed by atoms with Gasteiger partial charge in [-0.15, -0.1) is 0 Å². The second-order valence-electron chi connectivity index (χ2n) is 6.52. The van der Waals surface area contributed by atoms with Crippen LogP contribution in [0.4, 0.5) is 0 Å². The summed E-state index contributed by atoms with van der Waals surface area (Å²) in [5.41, 5.74) is 1.85. The Balaban J connectivity index is 2.71. The van der Waals surface area contributed by atoms with Gasteiger partial charge >= 0.3 is 0 Å². The van der Waals surface area contributed by atoms with Crippen molar-refractivity contribution in [2.45, 2.75) is 52.9 Å². The third-order valence-corrected chi connectivity index (χ3v) is 4.13. The van der Waals surface area contributed by atoms with Crippen LogP contribution >= 0.6 is 15.9 Å². The van der Waals surface area contributed by atoms with E-state index in [0.717, 1.165) is 13.1 Å². The molecule has 0 fully saturated rings. The summed E-state index contributed by atoms with van der Waals surface area (Å²) in [5, 5.41) is 3.58. The molecule has 1 N–H and O–H groups in total. The number of nitrogens with one attached hydrogen (secondary N) is 1. The molecule has 0 heterocycles. The van der Waals surface area contributed by atoms with Gasteiger partial charge in [0, 0.05) is 11.0 Å².